The second kappa shape index (κ2) is 8.93. The van der Waals surface area contributed by atoms with E-state index < -0.39 is 22.9 Å². The molecule has 0 aromatic heterocycles. The smallest absolute Gasteiger partial charge is 0.338 e. The molecule has 1 amide bonds. The van der Waals surface area contributed by atoms with Crippen LogP contribution >= 0.6 is 0 Å². The van der Waals surface area contributed by atoms with Crippen molar-refractivity contribution in [3.63, 3.8) is 0 Å². The van der Waals surface area contributed by atoms with Crippen LogP contribution in [0, 0.1) is 16.0 Å². The number of nitro groups is 1. The van der Waals surface area contributed by atoms with E-state index in [-0.39, 0.29) is 11.4 Å². The van der Waals surface area contributed by atoms with E-state index in [0.717, 1.165) is 12.0 Å². The van der Waals surface area contributed by atoms with Gasteiger partial charge in [0, 0.05) is 6.07 Å². The molecule has 0 aliphatic heterocycles. The summed E-state index contributed by atoms with van der Waals surface area (Å²) in [6.07, 6.45) is -0.197. The van der Waals surface area contributed by atoms with Crippen LogP contribution in [0.2, 0.25) is 0 Å². The molecule has 1 N–H and O–H groups in total. The van der Waals surface area contributed by atoms with Gasteiger partial charge >= 0.3 is 5.97 Å². The first-order valence-electron chi connectivity index (χ1n) is 8.62. The summed E-state index contributed by atoms with van der Waals surface area (Å²) in [4.78, 5) is 34.8. The van der Waals surface area contributed by atoms with Crippen LogP contribution in [-0.2, 0) is 16.0 Å². The van der Waals surface area contributed by atoms with Crippen LogP contribution in [-0.4, -0.2) is 22.9 Å². The number of hydrogen-bond donors (Lipinski definition) is 1. The highest BCUT2D eigenvalue weighted by atomic mass is 16.6. The number of amides is 1. The molecule has 7 nitrogen and oxygen atoms in total. The number of esters is 1. The van der Waals surface area contributed by atoms with Crippen molar-refractivity contribution in [3.8, 4) is 0 Å². The molecule has 0 saturated heterocycles. The Balaban J connectivity index is 1.99. The summed E-state index contributed by atoms with van der Waals surface area (Å²) in [5.74, 6) is -0.765. The van der Waals surface area contributed by atoms with E-state index in [0.29, 0.717) is 11.5 Å². The number of para-hydroxylation sites is 2. The molecule has 0 aliphatic carbocycles. The van der Waals surface area contributed by atoms with Gasteiger partial charge in [0.15, 0.2) is 6.10 Å². The first-order valence-corrected chi connectivity index (χ1v) is 8.62. The lowest BCUT2D eigenvalue weighted by Gasteiger charge is -2.14. The molecule has 0 saturated carbocycles. The third kappa shape index (κ3) is 5.64. The third-order valence-corrected chi connectivity index (χ3v) is 3.85. The maximum absolute atomic E-state index is 12.2. The molecule has 2 rings (SSSR count). The number of benzene rings is 2. The Labute approximate surface area is 157 Å². The fourth-order valence-electron chi connectivity index (χ4n) is 2.50. The predicted octanol–water partition coefficient (Wildman–Crippen LogP) is 3.98. The van der Waals surface area contributed by atoms with E-state index in [1.165, 1.54) is 25.1 Å². The minimum atomic E-state index is -1.10. The van der Waals surface area contributed by atoms with Gasteiger partial charge in [-0.1, -0.05) is 38.1 Å². The summed E-state index contributed by atoms with van der Waals surface area (Å²) in [6, 6.07) is 12.8. The Morgan fingerprint density at radius 1 is 1.07 bits per heavy atom. The molecule has 0 unspecified atom stereocenters. The second-order valence-electron chi connectivity index (χ2n) is 6.61. The van der Waals surface area contributed by atoms with Crippen molar-refractivity contribution in [2.75, 3.05) is 5.32 Å². The maximum atomic E-state index is 12.2. The minimum absolute atomic E-state index is 0.0495. The number of hydrogen-bond acceptors (Lipinski definition) is 5. The van der Waals surface area contributed by atoms with Crippen LogP contribution in [0.15, 0.2) is 48.5 Å². The Morgan fingerprint density at radius 3 is 2.30 bits per heavy atom. The number of nitrogens with zero attached hydrogens (tertiary/aromatic N) is 1. The molecule has 27 heavy (non-hydrogen) atoms. The van der Waals surface area contributed by atoms with Crippen molar-refractivity contribution in [3.05, 3.63) is 69.8 Å². The van der Waals surface area contributed by atoms with E-state index in [1.54, 1.807) is 18.2 Å². The number of ether oxygens (including phenoxy) is 1. The summed E-state index contributed by atoms with van der Waals surface area (Å²) in [5, 5.41) is 13.4. The molecule has 0 spiro atoms. The van der Waals surface area contributed by atoms with Gasteiger partial charge in [0.25, 0.3) is 11.6 Å². The third-order valence-electron chi connectivity index (χ3n) is 3.85. The van der Waals surface area contributed by atoms with Crippen molar-refractivity contribution in [2.45, 2.75) is 33.3 Å². The fourth-order valence-corrected chi connectivity index (χ4v) is 2.50. The average Bonchev–Trinajstić information content (AvgIpc) is 2.61. The number of carbonyl (C=O) groups excluding carboxylic acids is 2. The number of carbonyl (C=O) groups is 2. The van der Waals surface area contributed by atoms with Crippen molar-refractivity contribution in [2.24, 2.45) is 5.92 Å². The number of nitrogens with one attached hydrogen (secondary N) is 1. The Hall–Kier alpha value is -3.22. The molecule has 142 valence electrons. The molecule has 0 heterocycles. The van der Waals surface area contributed by atoms with E-state index in [2.05, 4.69) is 19.2 Å². The zero-order valence-corrected chi connectivity index (χ0v) is 15.5. The maximum Gasteiger partial charge on any atom is 0.338 e. The highest BCUT2D eigenvalue weighted by Gasteiger charge is 2.22. The summed E-state index contributed by atoms with van der Waals surface area (Å²) in [6.45, 7) is 5.63. The topological polar surface area (TPSA) is 98.5 Å². The van der Waals surface area contributed by atoms with Crippen LogP contribution in [0.4, 0.5) is 11.4 Å². The Kier molecular flexibility index (Phi) is 6.65. The number of nitro benzene ring substituents is 1. The lowest BCUT2D eigenvalue weighted by atomic mass is 10.0. The summed E-state index contributed by atoms with van der Waals surface area (Å²) in [5.41, 5.74) is 1.27. The minimum Gasteiger partial charge on any atom is -0.449 e. The van der Waals surface area contributed by atoms with E-state index in [1.807, 2.05) is 12.1 Å². The van der Waals surface area contributed by atoms with Crippen molar-refractivity contribution in [1.82, 2.24) is 0 Å². The van der Waals surface area contributed by atoms with Gasteiger partial charge < -0.3 is 10.1 Å². The molecule has 0 bridgehead atoms. The first kappa shape index (κ1) is 20.1. The molecule has 1 atom stereocenters. The quantitative estimate of drug-likeness (QED) is 0.451. The van der Waals surface area contributed by atoms with Crippen LogP contribution in [0.1, 0.15) is 36.7 Å². The van der Waals surface area contributed by atoms with Crippen molar-refractivity contribution in [1.29, 1.82) is 0 Å². The Morgan fingerprint density at radius 2 is 1.70 bits per heavy atom. The molecular weight excluding hydrogens is 348 g/mol. The van der Waals surface area contributed by atoms with Crippen molar-refractivity contribution >= 4 is 23.3 Å². The highest BCUT2D eigenvalue weighted by Crippen LogP contribution is 2.23. The number of rotatable bonds is 7. The van der Waals surface area contributed by atoms with Gasteiger partial charge in [-0.15, -0.1) is 0 Å². The molecular formula is C20H22N2O5. The molecule has 2 aromatic rings. The van der Waals surface area contributed by atoms with E-state index in [4.69, 9.17) is 4.74 Å². The molecule has 0 aliphatic rings. The van der Waals surface area contributed by atoms with Gasteiger partial charge in [0.2, 0.25) is 0 Å². The van der Waals surface area contributed by atoms with Gasteiger partial charge in [0.1, 0.15) is 5.69 Å². The lowest BCUT2D eigenvalue weighted by molar-refractivity contribution is -0.383. The van der Waals surface area contributed by atoms with Gasteiger partial charge in [-0.2, -0.15) is 0 Å². The Bertz CT molecular complexity index is 831. The molecule has 0 fully saturated rings. The summed E-state index contributed by atoms with van der Waals surface area (Å²) in [7, 11) is 0. The van der Waals surface area contributed by atoms with Gasteiger partial charge in [-0.25, -0.2) is 4.79 Å². The van der Waals surface area contributed by atoms with Crippen LogP contribution < -0.4 is 5.32 Å². The van der Waals surface area contributed by atoms with Crippen LogP contribution in [0.3, 0.4) is 0 Å². The zero-order valence-electron chi connectivity index (χ0n) is 15.5. The first-order chi connectivity index (χ1) is 12.8. The second-order valence-corrected chi connectivity index (χ2v) is 6.61. The average molecular weight is 370 g/mol. The van der Waals surface area contributed by atoms with E-state index >= 15 is 0 Å². The number of anilines is 1. The largest absolute Gasteiger partial charge is 0.449 e. The van der Waals surface area contributed by atoms with Crippen molar-refractivity contribution < 1.29 is 19.2 Å². The van der Waals surface area contributed by atoms with E-state index in [9.17, 15) is 19.7 Å². The lowest BCUT2D eigenvalue weighted by Crippen LogP contribution is -2.30. The van der Waals surface area contributed by atoms with Gasteiger partial charge in [0.05, 0.1) is 10.5 Å². The molecule has 2 aromatic carbocycles. The monoisotopic (exact) mass is 370 g/mol. The predicted molar refractivity (Wildman–Crippen MR) is 102 cm³/mol. The molecule has 7 heteroatoms. The van der Waals surface area contributed by atoms with Gasteiger partial charge in [-0.05, 0) is 43.0 Å². The normalized spacial score (nSPS) is 11.7. The SMILES string of the molecule is CC(C)Cc1ccc(C(=O)O[C@H](C)C(=O)Nc2ccccc2[N+](=O)[O-])cc1. The zero-order chi connectivity index (χ0) is 20.0. The van der Waals surface area contributed by atoms with Gasteiger partial charge in [-0.3, -0.25) is 14.9 Å². The summed E-state index contributed by atoms with van der Waals surface area (Å²) >= 11 is 0. The standard InChI is InChI=1S/C20H22N2O5/c1-13(2)12-15-8-10-16(11-9-15)20(24)27-14(3)19(23)21-17-6-4-5-7-18(17)22(25)26/h4-11,13-14H,12H2,1-3H3,(H,21,23)/t14-/m1/s1. The summed E-state index contributed by atoms with van der Waals surface area (Å²) < 4.78 is 5.17. The van der Waals surface area contributed by atoms with Crippen LogP contribution in [0.5, 0.6) is 0 Å². The fraction of sp³-hybridized carbons (Fsp3) is 0.300. The highest BCUT2D eigenvalue weighted by molar-refractivity contribution is 5.98. The molecule has 0 radical (unpaired) electrons. The van der Waals surface area contributed by atoms with Crippen LogP contribution in [0.25, 0.3) is 0 Å².